The number of piperazine rings is 1. The lowest BCUT2D eigenvalue weighted by molar-refractivity contribution is -0.133. The SMILES string of the molecule is CC(C)N1CCN([C@H]2CCCC(F)(F)[C@@H]2NC(=O)Cc2cccc(-c3ccccc3)c2)CC1. The highest BCUT2D eigenvalue weighted by Gasteiger charge is 2.49. The van der Waals surface area contributed by atoms with Gasteiger partial charge in [-0.3, -0.25) is 14.6 Å². The molecule has 1 saturated carbocycles. The van der Waals surface area contributed by atoms with Gasteiger partial charge in [0, 0.05) is 44.7 Å². The van der Waals surface area contributed by atoms with Gasteiger partial charge in [0.1, 0.15) is 6.04 Å². The van der Waals surface area contributed by atoms with E-state index in [1.165, 1.54) is 0 Å². The molecular formula is C27H35F2N3O. The molecule has 2 fully saturated rings. The summed E-state index contributed by atoms with van der Waals surface area (Å²) in [5, 5.41) is 2.75. The summed E-state index contributed by atoms with van der Waals surface area (Å²) in [6.45, 7) is 7.63. The minimum Gasteiger partial charge on any atom is -0.345 e. The summed E-state index contributed by atoms with van der Waals surface area (Å²) in [5.74, 6) is -3.22. The van der Waals surface area contributed by atoms with Crippen molar-refractivity contribution >= 4 is 5.91 Å². The molecule has 178 valence electrons. The van der Waals surface area contributed by atoms with Crippen molar-refractivity contribution in [3.8, 4) is 11.1 Å². The summed E-state index contributed by atoms with van der Waals surface area (Å²) >= 11 is 0. The van der Waals surface area contributed by atoms with Crippen LogP contribution in [0.1, 0.15) is 38.7 Å². The minimum atomic E-state index is -2.89. The van der Waals surface area contributed by atoms with Gasteiger partial charge in [0.2, 0.25) is 5.91 Å². The zero-order chi connectivity index (χ0) is 23.4. The molecule has 0 radical (unpaired) electrons. The van der Waals surface area contributed by atoms with E-state index in [1.54, 1.807) is 0 Å². The van der Waals surface area contributed by atoms with Gasteiger partial charge in [-0.25, -0.2) is 8.78 Å². The van der Waals surface area contributed by atoms with Crippen molar-refractivity contribution in [1.82, 2.24) is 15.1 Å². The number of carbonyl (C=O) groups excluding carboxylic acids is 1. The molecule has 0 spiro atoms. The Balaban J connectivity index is 1.44. The van der Waals surface area contributed by atoms with Crippen LogP contribution in [0.3, 0.4) is 0 Å². The van der Waals surface area contributed by atoms with Crippen LogP contribution in [-0.4, -0.2) is 65.9 Å². The van der Waals surface area contributed by atoms with Crippen LogP contribution in [0.5, 0.6) is 0 Å². The molecule has 1 saturated heterocycles. The Labute approximate surface area is 196 Å². The number of hydrogen-bond acceptors (Lipinski definition) is 3. The first-order valence-corrected chi connectivity index (χ1v) is 12.1. The molecule has 0 aromatic heterocycles. The molecule has 1 aliphatic heterocycles. The van der Waals surface area contributed by atoms with Gasteiger partial charge in [-0.15, -0.1) is 0 Å². The fraction of sp³-hybridized carbons (Fsp3) is 0.519. The van der Waals surface area contributed by atoms with Crippen molar-refractivity contribution in [2.75, 3.05) is 26.2 Å². The highest BCUT2D eigenvalue weighted by molar-refractivity contribution is 5.79. The smallest absolute Gasteiger partial charge is 0.269 e. The molecule has 2 aromatic carbocycles. The molecule has 0 unspecified atom stereocenters. The number of rotatable bonds is 6. The zero-order valence-electron chi connectivity index (χ0n) is 19.6. The molecule has 1 N–H and O–H groups in total. The van der Waals surface area contributed by atoms with E-state index in [9.17, 15) is 4.79 Å². The number of amides is 1. The maximum atomic E-state index is 15.0. The van der Waals surface area contributed by atoms with Crippen LogP contribution in [0.2, 0.25) is 0 Å². The van der Waals surface area contributed by atoms with Crippen LogP contribution < -0.4 is 5.32 Å². The van der Waals surface area contributed by atoms with Gasteiger partial charge in [0.15, 0.2) is 0 Å². The molecular weight excluding hydrogens is 420 g/mol. The Bertz CT molecular complexity index is 926. The fourth-order valence-electron chi connectivity index (χ4n) is 5.23. The summed E-state index contributed by atoms with van der Waals surface area (Å²) in [6.07, 6.45) is 1.13. The molecule has 33 heavy (non-hydrogen) atoms. The maximum Gasteiger partial charge on any atom is 0.269 e. The van der Waals surface area contributed by atoms with E-state index < -0.39 is 12.0 Å². The lowest BCUT2D eigenvalue weighted by Crippen LogP contribution is -2.64. The summed E-state index contributed by atoms with van der Waals surface area (Å²) in [4.78, 5) is 17.5. The second-order valence-electron chi connectivity index (χ2n) is 9.67. The highest BCUT2D eigenvalue weighted by atomic mass is 19.3. The molecule has 2 aliphatic rings. The van der Waals surface area contributed by atoms with Crippen molar-refractivity contribution in [1.29, 1.82) is 0 Å². The lowest BCUT2D eigenvalue weighted by Gasteiger charge is -2.47. The highest BCUT2D eigenvalue weighted by Crippen LogP contribution is 2.36. The Morgan fingerprint density at radius 1 is 1.03 bits per heavy atom. The van der Waals surface area contributed by atoms with Gasteiger partial charge in [-0.05, 0) is 43.4 Å². The Morgan fingerprint density at radius 3 is 2.42 bits per heavy atom. The number of carbonyl (C=O) groups is 1. The first-order valence-electron chi connectivity index (χ1n) is 12.1. The summed E-state index contributed by atoms with van der Waals surface area (Å²) in [5.41, 5.74) is 2.92. The van der Waals surface area contributed by atoms with E-state index in [2.05, 4.69) is 29.0 Å². The van der Waals surface area contributed by atoms with Gasteiger partial charge in [-0.1, -0.05) is 54.6 Å². The number of hydrogen-bond donors (Lipinski definition) is 1. The number of halogens is 2. The topological polar surface area (TPSA) is 35.6 Å². The first-order chi connectivity index (χ1) is 15.8. The van der Waals surface area contributed by atoms with Crippen LogP contribution in [-0.2, 0) is 11.2 Å². The van der Waals surface area contributed by atoms with E-state index in [-0.39, 0.29) is 24.8 Å². The van der Waals surface area contributed by atoms with Crippen LogP contribution in [0, 0.1) is 0 Å². The quantitative estimate of drug-likeness (QED) is 0.692. The average molecular weight is 456 g/mol. The largest absolute Gasteiger partial charge is 0.345 e. The fourth-order valence-corrected chi connectivity index (χ4v) is 5.23. The van der Waals surface area contributed by atoms with Crippen molar-refractivity contribution in [2.45, 2.75) is 63.6 Å². The van der Waals surface area contributed by atoms with Gasteiger partial charge in [0.25, 0.3) is 5.92 Å². The van der Waals surface area contributed by atoms with Gasteiger partial charge in [0.05, 0.1) is 6.42 Å². The maximum absolute atomic E-state index is 15.0. The molecule has 4 rings (SSSR count). The number of benzene rings is 2. The number of nitrogens with one attached hydrogen (secondary N) is 1. The predicted molar refractivity (Wildman–Crippen MR) is 128 cm³/mol. The molecule has 2 aromatic rings. The third-order valence-corrected chi connectivity index (χ3v) is 7.11. The predicted octanol–water partition coefficient (Wildman–Crippen LogP) is 4.59. The van der Waals surface area contributed by atoms with Gasteiger partial charge >= 0.3 is 0 Å². The van der Waals surface area contributed by atoms with Gasteiger partial charge in [-0.2, -0.15) is 0 Å². The first kappa shape index (κ1) is 23.8. The van der Waals surface area contributed by atoms with Crippen LogP contribution in [0.15, 0.2) is 54.6 Å². The summed E-state index contributed by atoms with van der Waals surface area (Å²) in [6, 6.07) is 16.7. The van der Waals surface area contributed by atoms with Crippen molar-refractivity contribution in [2.24, 2.45) is 0 Å². The standard InChI is InChI=1S/C27H35F2N3O/c1-20(2)31-14-16-32(17-15-31)24-12-7-13-27(28,29)26(24)30-25(33)19-21-8-6-11-23(18-21)22-9-4-3-5-10-22/h3-6,8-11,18,20,24,26H,7,12-17,19H2,1-2H3,(H,30,33)/t24-,26+/m0/s1. The Hall–Kier alpha value is -2.31. The molecule has 4 nitrogen and oxygen atoms in total. The van der Waals surface area contributed by atoms with Crippen molar-refractivity contribution in [3.63, 3.8) is 0 Å². The molecule has 2 atom stereocenters. The Kier molecular flexibility index (Phi) is 7.45. The average Bonchev–Trinajstić information content (AvgIpc) is 2.81. The van der Waals surface area contributed by atoms with Crippen LogP contribution in [0.25, 0.3) is 11.1 Å². The number of nitrogens with zero attached hydrogens (tertiary/aromatic N) is 2. The molecule has 1 heterocycles. The summed E-state index contributed by atoms with van der Waals surface area (Å²) in [7, 11) is 0. The number of alkyl halides is 2. The van der Waals surface area contributed by atoms with E-state index in [0.29, 0.717) is 18.9 Å². The molecule has 1 amide bonds. The van der Waals surface area contributed by atoms with Crippen LogP contribution >= 0.6 is 0 Å². The summed E-state index contributed by atoms with van der Waals surface area (Å²) < 4.78 is 30.0. The van der Waals surface area contributed by atoms with E-state index >= 15 is 8.78 Å². The van der Waals surface area contributed by atoms with Crippen LogP contribution in [0.4, 0.5) is 8.78 Å². The third kappa shape index (κ3) is 5.79. The van der Waals surface area contributed by atoms with E-state index in [0.717, 1.165) is 42.9 Å². The van der Waals surface area contributed by atoms with E-state index in [1.807, 2.05) is 54.6 Å². The second kappa shape index (κ2) is 10.3. The van der Waals surface area contributed by atoms with Gasteiger partial charge < -0.3 is 5.32 Å². The monoisotopic (exact) mass is 455 g/mol. The molecule has 0 bridgehead atoms. The molecule has 1 aliphatic carbocycles. The zero-order valence-corrected chi connectivity index (χ0v) is 19.6. The second-order valence-corrected chi connectivity index (χ2v) is 9.67. The minimum absolute atomic E-state index is 0.0983. The Morgan fingerprint density at radius 2 is 1.73 bits per heavy atom. The third-order valence-electron chi connectivity index (χ3n) is 7.11. The van der Waals surface area contributed by atoms with Crippen molar-refractivity contribution < 1.29 is 13.6 Å². The van der Waals surface area contributed by atoms with Crippen molar-refractivity contribution in [3.05, 3.63) is 60.2 Å². The normalized spacial score (nSPS) is 24.0. The lowest BCUT2D eigenvalue weighted by atomic mass is 9.85. The molecule has 6 heteroatoms. The van der Waals surface area contributed by atoms with E-state index in [4.69, 9.17) is 0 Å².